The Bertz CT molecular complexity index is 1260. The van der Waals surface area contributed by atoms with E-state index in [1.54, 1.807) is 12.1 Å². The van der Waals surface area contributed by atoms with Crippen molar-refractivity contribution >= 4 is 27.5 Å². The van der Waals surface area contributed by atoms with E-state index in [4.69, 9.17) is 9.47 Å². The van der Waals surface area contributed by atoms with Crippen molar-refractivity contribution in [3.05, 3.63) is 53.8 Å². The molecular formula is C22H21F4N3O5S. The summed E-state index contributed by atoms with van der Waals surface area (Å²) in [6.07, 6.45) is -6.39. The molecule has 188 valence electrons. The lowest BCUT2D eigenvalue weighted by Gasteiger charge is -2.56. The number of carbonyl (C=O) groups excluding carboxylic acids is 1. The summed E-state index contributed by atoms with van der Waals surface area (Å²) in [6, 6.07) is 7.69. The van der Waals surface area contributed by atoms with E-state index in [0.717, 1.165) is 18.2 Å². The van der Waals surface area contributed by atoms with Crippen molar-refractivity contribution in [1.29, 1.82) is 0 Å². The molecule has 3 fully saturated rings. The van der Waals surface area contributed by atoms with Crippen LogP contribution in [0, 0.1) is 11.2 Å². The summed E-state index contributed by atoms with van der Waals surface area (Å²) in [5.41, 5.74) is -0.317. The van der Waals surface area contributed by atoms with Gasteiger partial charge in [-0.05, 0) is 36.4 Å². The number of benzene rings is 2. The summed E-state index contributed by atoms with van der Waals surface area (Å²) in [4.78, 5) is 14.8. The zero-order valence-corrected chi connectivity index (χ0v) is 19.0. The van der Waals surface area contributed by atoms with Crippen molar-refractivity contribution in [2.24, 2.45) is 5.41 Å². The summed E-state index contributed by atoms with van der Waals surface area (Å²) in [6.45, 7) is 2.31. The first-order valence-electron chi connectivity index (χ1n) is 10.7. The molecule has 0 aliphatic carbocycles. The van der Waals surface area contributed by atoms with Crippen molar-refractivity contribution in [2.75, 3.05) is 49.2 Å². The van der Waals surface area contributed by atoms with Gasteiger partial charge in [-0.3, -0.25) is 4.90 Å². The molecule has 3 aliphatic rings. The lowest BCUT2D eigenvalue weighted by molar-refractivity contribution is -0.137. The third-order valence-corrected chi connectivity index (χ3v) is 7.72. The predicted octanol–water partition coefficient (Wildman–Crippen LogP) is 2.98. The molecule has 3 saturated heterocycles. The van der Waals surface area contributed by atoms with Gasteiger partial charge in [0.2, 0.25) is 10.0 Å². The number of sulfonamides is 1. The number of amides is 1. The Morgan fingerprint density at radius 1 is 1.11 bits per heavy atom. The highest BCUT2D eigenvalue weighted by Crippen LogP contribution is 2.41. The van der Waals surface area contributed by atoms with Gasteiger partial charge in [0.1, 0.15) is 11.9 Å². The Labute approximate surface area is 198 Å². The number of ether oxygens (including phenoxy) is 2. The number of cyclic esters (lactones) is 1. The van der Waals surface area contributed by atoms with Crippen molar-refractivity contribution in [3.8, 4) is 0 Å². The van der Waals surface area contributed by atoms with Crippen molar-refractivity contribution < 1.29 is 40.2 Å². The van der Waals surface area contributed by atoms with Crippen LogP contribution in [-0.2, 0) is 25.7 Å². The standard InChI is InChI=1S/C22H21F4N3O5S/c23-18-7-15(4-5-19(18)28-10-21(11-28)12-33-13-21)29-9-16(34-20(29)30)8-27-35(31,32)17-3-1-2-14(6-17)22(24,25)26/h1-7,16,27H,8-13H2/t16-/m0/s1. The molecule has 1 amide bonds. The second-order valence-corrected chi connectivity index (χ2v) is 10.7. The highest BCUT2D eigenvalue weighted by atomic mass is 32.2. The zero-order valence-electron chi connectivity index (χ0n) is 18.2. The van der Waals surface area contributed by atoms with E-state index in [2.05, 4.69) is 4.72 Å². The maximum absolute atomic E-state index is 14.8. The first-order valence-corrected chi connectivity index (χ1v) is 12.2. The van der Waals surface area contributed by atoms with Gasteiger partial charge in [0.05, 0.1) is 47.0 Å². The molecule has 3 heterocycles. The topological polar surface area (TPSA) is 88.2 Å². The minimum absolute atomic E-state index is 0.0626. The largest absolute Gasteiger partial charge is 0.443 e. The number of hydrogen-bond acceptors (Lipinski definition) is 6. The number of halogens is 4. The van der Waals surface area contributed by atoms with Crippen molar-refractivity contribution in [3.63, 3.8) is 0 Å². The molecule has 5 rings (SSSR count). The van der Waals surface area contributed by atoms with Gasteiger partial charge in [0.15, 0.2) is 0 Å². The molecule has 8 nitrogen and oxygen atoms in total. The molecule has 2 aromatic rings. The molecule has 1 atom stereocenters. The summed E-state index contributed by atoms with van der Waals surface area (Å²) < 4.78 is 90.9. The third kappa shape index (κ3) is 4.55. The fourth-order valence-electron chi connectivity index (χ4n) is 4.39. The molecule has 2 aromatic carbocycles. The van der Waals surface area contributed by atoms with Gasteiger partial charge in [-0.1, -0.05) is 6.07 Å². The predicted molar refractivity (Wildman–Crippen MR) is 116 cm³/mol. The van der Waals surface area contributed by atoms with Gasteiger partial charge in [-0.15, -0.1) is 0 Å². The number of hydrogen-bond donors (Lipinski definition) is 1. The molecule has 0 radical (unpaired) electrons. The van der Waals surface area contributed by atoms with Crippen molar-refractivity contribution in [1.82, 2.24) is 4.72 Å². The van der Waals surface area contributed by atoms with Crippen LogP contribution in [0.25, 0.3) is 0 Å². The van der Waals surface area contributed by atoms with Gasteiger partial charge in [0.25, 0.3) is 0 Å². The molecule has 13 heteroatoms. The van der Waals surface area contributed by atoms with Crippen LogP contribution >= 0.6 is 0 Å². The Hall–Kier alpha value is -2.90. The van der Waals surface area contributed by atoms with E-state index in [9.17, 15) is 30.8 Å². The number of rotatable bonds is 6. The highest BCUT2D eigenvalue weighted by Gasteiger charge is 2.49. The second kappa shape index (κ2) is 8.35. The van der Waals surface area contributed by atoms with Crippen LogP contribution in [0.15, 0.2) is 47.4 Å². The number of anilines is 2. The van der Waals surface area contributed by atoms with E-state index < -0.39 is 44.7 Å². The van der Waals surface area contributed by atoms with Crippen LogP contribution in [0.4, 0.5) is 33.7 Å². The Morgan fingerprint density at radius 3 is 2.49 bits per heavy atom. The highest BCUT2D eigenvalue weighted by molar-refractivity contribution is 7.89. The fourth-order valence-corrected chi connectivity index (χ4v) is 5.50. The summed E-state index contributed by atoms with van der Waals surface area (Å²) in [7, 11) is -4.29. The molecular weight excluding hydrogens is 494 g/mol. The van der Waals surface area contributed by atoms with E-state index >= 15 is 0 Å². The Balaban J connectivity index is 1.21. The minimum atomic E-state index is -4.69. The lowest BCUT2D eigenvalue weighted by atomic mass is 9.78. The SMILES string of the molecule is O=C1O[C@@H](CNS(=O)(=O)c2cccc(C(F)(F)F)c2)CN1c1ccc(N2CC3(COC3)C2)c(F)c1. The molecule has 0 aromatic heterocycles. The summed E-state index contributed by atoms with van der Waals surface area (Å²) >= 11 is 0. The molecule has 35 heavy (non-hydrogen) atoms. The maximum Gasteiger partial charge on any atom is 0.416 e. The monoisotopic (exact) mass is 515 g/mol. The van der Waals surface area contributed by atoms with Gasteiger partial charge in [-0.25, -0.2) is 22.3 Å². The van der Waals surface area contributed by atoms with Crippen LogP contribution in [0.5, 0.6) is 0 Å². The average Bonchev–Trinajstić information content (AvgIpc) is 3.11. The van der Waals surface area contributed by atoms with E-state index in [1.807, 2.05) is 4.90 Å². The van der Waals surface area contributed by atoms with E-state index in [-0.39, 0.29) is 24.2 Å². The lowest BCUT2D eigenvalue weighted by Crippen LogP contribution is -2.66. The van der Waals surface area contributed by atoms with Gasteiger partial charge in [-0.2, -0.15) is 13.2 Å². The third-order valence-electron chi connectivity index (χ3n) is 6.30. The van der Waals surface area contributed by atoms with E-state index in [1.165, 1.54) is 11.0 Å². The average molecular weight is 515 g/mol. The molecule has 0 unspecified atom stereocenters. The Kier molecular flexibility index (Phi) is 5.68. The minimum Gasteiger partial charge on any atom is -0.443 e. The number of alkyl halides is 3. The fraction of sp³-hybridized carbons (Fsp3) is 0.409. The quantitative estimate of drug-likeness (QED) is 0.596. The first kappa shape index (κ1) is 23.8. The number of carbonyl (C=O) groups is 1. The van der Waals surface area contributed by atoms with Crippen LogP contribution in [0.3, 0.4) is 0 Å². The molecule has 1 spiro atoms. The molecule has 0 saturated carbocycles. The van der Waals surface area contributed by atoms with Gasteiger partial charge in [0, 0.05) is 19.6 Å². The van der Waals surface area contributed by atoms with Crippen LogP contribution in [0.1, 0.15) is 5.56 Å². The first-order chi connectivity index (χ1) is 16.5. The smallest absolute Gasteiger partial charge is 0.416 e. The maximum atomic E-state index is 14.8. The van der Waals surface area contributed by atoms with Crippen LogP contribution in [0.2, 0.25) is 0 Å². The summed E-state index contributed by atoms with van der Waals surface area (Å²) in [5, 5.41) is 0. The molecule has 3 aliphatic heterocycles. The van der Waals surface area contributed by atoms with E-state index in [0.29, 0.717) is 38.1 Å². The van der Waals surface area contributed by atoms with Crippen LogP contribution < -0.4 is 14.5 Å². The van der Waals surface area contributed by atoms with Crippen LogP contribution in [-0.4, -0.2) is 60.0 Å². The number of nitrogens with one attached hydrogen (secondary N) is 1. The second-order valence-electron chi connectivity index (χ2n) is 8.98. The zero-order chi connectivity index (χ0) is 25.0. The number of nitrogens with zero attached hydrogens (tertiary/aromatic N) is 2. The Morgan fingerprint density at radius 2 is 1.86 bits per heavy atom. The normalized spacial score (nSPS) is 21.6. The molecule has 1 N–H and O–H groups in total. The van der Waals surface area contributed by atoms with Gasteiger partial charge >= 0.3 is 12.3 Å². The van der Waals surface area contributed by atoms with Crippen molar-refractivity contribution in [2.45, 2.75) is 17.2 Å². The van der Waals surface area contributed by atoms with Gasteiger partial charge < -0.3 is 14.4 Å². The summed E-state index contributed by atoms with van der Waals surface area (Å²) in [5.74, 6) is -0.501. The molecule has 0 bridgehead atoms.